The van der Waals surface area contributed by atoms with Crippen LogP contribution in [-0.4, -0.2) is 12.1 Å². The Hall–Kier alpha value is -0.790. The monoisotopic (exact) mass is 138 g/mol. The molecule has 0 aromatic heterocycles. The summed E-state index contributed by atoms with van der Waals surface area (Å²) in [5.74, 6) is 0.520. The van der Waals surface area contributed by atoms with Gasteiger partial charge in [-0.3, -0.25) is 4.79 Å². The van der Waals surface area contributed by atoms with Crippen molar-refractivity contribution in [3.8, 4) is 0 Å². The lowest BCUT2D eigenvalue weighted by atomic mass is 9.93. The Labute approximate surface area is 59.9 Å². The van der Waals surface area contributed by atoms with Crippen molar-refractivity contribution in [3.05, 3.63) is 12.2 Å². The molecule has 0 saturated carbocycles. The van der Waals surface area contributed by atoms with Gasteiger partial charge in [0.1, 0.15) is 6.10 Å². The molecule has 2 rings (SSSR count). The van der Waals surface area contributed by atoms with E-state index in [-0.39, 0.29) is 18.0 Å². The van der Waals surface area contributed by atoms with Crippen molar-refractivity contribution in [3.63, 3.8) is 0 Å². The summed E-state index contributed by atoms with van der Waals surface area (Å²) in [5.41, 5.74) is 0. The van der Waals surface area contributed by atoms with E-state index in [1.807, 2.05) is 13.0 Å². The van der Waals surface area contributed by atoms with Gasteiger partial charge in [-0.1, -0.05) is 13.0 Å². The number of esters is 1. The summed E-state index contributed by atoms with van der Waals surface area (Å²) in [7, 11) is 0. The number of hydrogen-bond acceptors (Lipinski definition) is 2. The molecule has 0 bridgehead atoms. The smallest absolute Gasteiger partial charge is 0.309 e. The van der Waals surface area contributed by atoms with Crippen LogP contribution in [0.1, 0.15) is 13.3 Å². The minimum absolute atomic E-state index is 0.0284. The maximum atomic E-state index is 10.9. The van der Waals surface area contributed by atoms with Gasteiger partial charge in [0.05, 0.1) is 5.92 Å². The summed E-state index contributed by atoms with van der Waals surface area (Å²) in [4.78, 5) is 10.9. The lowest BCUT2D eigenvalue weighted by Crippen LogP contribution is -2.12. The van der Waals surface area contributed by atoms with Gasteiger partial charge in [-0.25, -0.2) is 0 Å². The predicted molar refractivity (Wildman–Crippen MR) is 36.3 cm³/mol. The number of ether oxygens (including phenoxy) is 1. The second-order valence-corrected chi connectivity index (χ2v) is 3.02. The molecule has 1 aliphatic heterocycles. The molecule has 1 aliphatic carbocycles. The Morgan fingerprint density at radius 1 is 1.70 bits per heavy atom. The Bertz CT molecular complexity index is 195. The van der Waals surface area contributed by atoms with Gasteiger partial charge in [0.25, 0.3) is 0 Å². The molecule has 0 amide bonds. The van der Waals surface area contributed by atoms with E-state index in [1.165, 1.54) is 0 Å². The highest BCUT2D eigenvalue weighted by Crippen LogP contribution is 2.35. The number of carbonyl (C=O) groups is 1. The largest absolute Gasteiger partial charge is 0.458 e. The number of hydrogen-bond donors (Lipinski definition) is 0. The third-order valence-corrected chi connectivity index (χ3v) is 2.42. The second-order valence-electron chi connectivity index (χ2n) is 3.02. The summed E-state index contributed by atoms with van der Waals surface area (Å²) in [6, 6.07) is 0. The van der Waals surface area contributed by atoms with Gasteiger partial charge in [-0.15, -0.1) is 0 Å². The molecule has 0 spiro atoms. The fourth-order valence-corrected chi connectivity index (χ4v) is 1.68. The number of rotatable bonds is 0. The van der Waals surface area contributed by atoms with Crippen LogP contribution in [-0.2, 0) is 9.53 Å². The zero-order valence-corrected chi connectivity index (χ0v) is 5.91. The molecule has 0 N–H and O–H groups in total. The van der Waals surface area contributed by atoms with Crippen molar-refractivity contribution in [2.24, 2.45) is 11.8 Å². The molecule has 0 unspecified atom stereocenters. The number of fused-ring (bicyclic) bond motifs is 1. The van der Waals surface area contributed by atoms with Gasteiger partial charge >= 0.3 is 5.97 Å². The van der Waals surface area contributed by atoms with E-state index in [4.69, 9.17) is 4.74 Å². The van der Waals surface area contributed by atoms with Crippen molar-refractivity contribution in [1.82, 2.24) is 0 Å². The van der Waals surface area contributed by atoms with Crippen molar-refractivity contribution < 1.29 is 9.53 Å². The molecule has 3 atom stereocenters. The van der Waals surface area contributed by atoms with Crippen LogP contribution in [0.5, 0.6) is 0 Å². The first-order chi connectivity index (χ1) is 4.79. The van der Waals surface area contributed by atoms with E-state index < -0.39 is 0 Å². The molecule has 2 aliphatic rings. The topological polar surface area (TPSA) is 26.3 Å². The van der Waals surface area contributed by atoms with Gasteiger partial charge in [-0.2, -0.15) is 0 Å². The molecule has 2 heteroatoms. The molecule has 0 aromatic carbocycles. The molecule has 10 heavy (non-hydrogen) atoms. The van der Waals surface area contributed by atoms with Crippen molar-refractivity contribution in [2.45, 2.75) is 19.4 Å². The average Bonchev–Trinajstić information content (AvgIpc) is 2.41. The molecule has 1 fully saturated rings. The third-order valence-electron chi connectivity index (χ3n) is 2.42. The molecule has 0 aromatic rings. The Morgan fingerprint density at radius 3 is 3.20 bits per heavy atom. The van der Waals surface area contributed by atoms with Crippen molar-refractivity contribution in [2.75, 3.05) is 0 Å². The van der Waals surface area contributed by atoms with Gasteiger partial charge < -0.3 is 4.74 Å². The summed E-state index contributed by atoms with van der Waals surface area (Å²) >= 11 is 0. The molecular weight excluding hydrogens is 128 g/mol. The summed E-state index contributed by atoms with van der Waals surface area (Å²) in [5, 5.41) is 0. The molecule has 54 valence electrons. The van der Waals surface area contributed by atoms with E-state index in [1.54, 1.807) is 0 Å². The lowest BCUT2D eigenvalue weighted by Gasteiger charge is -2.06. The summed E-state index contributed by atoms with van der Waals surface area (Å²) in [6.45, 7) is 1.94. The molecule has 2 nitrogen and oxygen atoms in total. The first-order valence-electron chi connectivity index (χ1n) is 3.66. The second kappa shape index (κ2) is 1.84. The zero-order chi connectivity index (χ0) is 7.14. The van der Waals surface area contributed by atoms with E-state index >= 15 is 0 Å². The standard InChI is InChI=1S/C8H10O2/c1-5-6-3-2-4-7(6)10-8(5)9/h2,4-7H,3H2,1H3/t5-,6+,7+/m1/s1. The number of carbonyl (C=O) groups excluding carboxylic acids is 1. The van der Waals surface area contributed by atoms with Crippen molar-refractivity contribution >= 4 is 5.97 Å². The molecular formula is C8H10O2. The fourth-order valence-electron chi connectivity index (χ4n) is 1.68. The van der Waals surface area contributed by atoms with Crippen molar-refractivity contribution in [1.29, 1.82) is 0 Å². The van der Waals surface area contributed by atoms with Crippen LogP contribution in [0.2, 0.25) is 0 Å². The summed E-state index contributed by atoms with van der Waals surface area (Å²) in [6.07, 6.45) is 5.20. The average molecular weight is 138 g/mol. The normalized spacial score (nSPS) is 43.7. The third kappa shape index (κ3) is 0.618. The quantitative estimate of drug-likeness (QED) is 0.370. The fraction of sp³-hybridized carbons (Fsp3) is 0.625. The van der Waals surface area contributed by atoms with Crippen LogP contribution < -0.4 is 0 Å². The van der Waals surface area contributed by atoms with E-state index in [9.17, 15) is 4.79 Å². The predicted octanol–water partition coefficient (Wildman–Crippen LogP) is 1.12. The van der Waals surface area contributed by atoms with Crippen LogP contribution >= 0.6 is 0 Å². The van der Waals surface area contributed by atoms with Gasteiger partial charge in [-0.05, 0) is 12.5 Å². The van der Waals surface area contributed by atoms with E-state index in [0.717, 1.165) is 6.42 Å². The maximum absolute atomic E-state index is 10.9. The van der Waals surface area contributed by atoms with Crippen LogP contribution in [0, 0.1) is 11.8 Å². The molecule has 1 heterocycles. The highest BCUT2D eigenvalue weighted by Gasteiger charge is 2.41. The zero-order valence-electron chi connectivity index (χ0n) is 5.91. The Kier molecular flexibility index (Phi) is 1.10. The van der Waals surface area contributed by atoms with Gasteiger partial charge in [0.2, 0.25) is 0 Å². The maximum Gasteiger partial charge on any atom is 0.309 e. The first kappa shape index (κ1) is 5.96. The van der Waals surface area contributed by atoms with Crippen LogP contribution in [0.15, 0.2) is 12.2 Å². The van der Waals surface area contributed by atoms with E-state index in [0.29, 0.717) is 5.92 Å². The number of allylic oxidation sites excluding steroid dienone is 1. The first-order valence-corrected chi connectivity index (χ1v) is 3.66. The highest BCUT2D eigenvalue weighted by atomic mass is 16.6. The molecule has 1 saturated heterocycles. The summed E-state index contributed by atoms with van der Waals surface area (Å²) < 4.78 is 5.07. The lowest BCUT2D eigenvalue weighted by molar-refractivity contribution is -0.142. The van der Waals surface area contributed by atoms with E-state index in [2.05, 4.69) is 6.08 Å². The minimum Gasteiger partial charge on any atom is -0.458 e. The van der Waals surface area contributed by atoms with Crippen LogP contribution in [0.3, 0.4) is 0 Å². The van der Waals surface area contributed by atoms with Gasteiger partial charge in [0.15, 0.2) is 0 Å². The Morgan fingerprint density at radius 2 is 2.50 bits per heavy atom. The highest BCUT2D eigenvalue weighted by molar-refractivity contribution is 5.75. The van der Waals surface area contributed by atoms with Gasteiger partial charge in [0, 0.05) is 5.92 Å². The molecule has 0 radical (unpaired) electrons. The minimum atomic E-state index is -0.0284. The van der Waals surface area contributed by atoms with Crippen LogP contribution in [0.4, 0.5) is 0 Å². The van der Waals surface area contributed by atoms with Crippen LogP contribution in [0.25, 0.3) is 0 Å². The SMILES string of the molecule is C[C@H]1C(=O)O[C@H]2C=CC[C@H]21. The Balaban J connectivity index is 2.22.